The molecule has 0 radical (unpaired) electrons. The van der Waals surface area contributed by atoms with Gasteiger partial charge in [0.05, 0.1) is 12.3 Å². The zero-order chi connectivity index (χ0) is 24.6. The van der Waals surface area contributed by atoms with Crippen molar-refractivity contribution in [1.82, 2.24) is 13.8 Å². The van der Waals surface area contributed by atoms with E-state index in [1.54, 1.807) is 13.0 Å². The summed E-state index contributed by atoms with van der Waals surface area (Å²) >= 11 is 0. The van der Waals surface area contributed by atoms with Gasteiger partial charge in [-0.05, 0) is 57.2 Å². The van der Waals surface area contributed by atoms with Crippen molar-refractivity contribution in [3.8, 4) is 17.0 Å². The summed E-state index contributed by atoms with van der Waals surface area (Å²) in [5, 5.41) is 4.08. The molecule has 34 heavy (non-hydrogen) atoms. The van der Waals surface area contributed by atoms with Crippen LogP contribution in [-0.4, -0.2) is 55.1 Å². The Morgan fingerprint density at radius 2 is 2.03 bits per heavy atom. The number of nitrogens with two attached hydrogens (primary N) is 1. The number of benzene rings is 1. The number of allylic oxidation sites excluding steroid dienone is 2. The zero-order valence-electron chi connectivity index (χ0n) is 19.8. The number of aromatic nitrogens is 1. The van der Waals surface area contributed by atoms with Gasteiger partial charge in [0.15, 0.2) is 0 Å². The van der Waals surface area contributed by atoms with Gasteiger partial charge in [-0.15, -0.1) is 0 Å². The number of aryl methyl sites for hydroxylation is 1. The van der Waals surface area contributed by atoms with Crippen molar-refractivity contribution in [3.63, 3.8) is 0 Å². The molecule has 184 valence electrons. The van der Waals surface area contributed by atoms with E-state index in [2.05, 4.69) is 16.9 Å². The quantitative estimate of drug-likeness (QED) is 0.277. The molecule has 2 heterocycles. The molecule has 3 rings (SSSR count). The Labute approximate surface area is 201 Å². The van der Waals surface area contributed by atoms with E-state index in [1.165, 1.54) is 14.7 Å². The first-order chi connectivity index (χ1) is 16.4. The van der Waals surface area contributed by atoms with Crippen LogP contribution in [0.25, 0.3) is 11.3 Å². The molecule has 0 unspecified atom stereocenters. The van der Waals surface area contributed by atoms with Gasteiger partial charge in [-0.3, -0.25) is 4.31 Å². The summed E-state index contributed by atoms with van der Waals surface area (Å²) in [4.78, 5) is 3.63. The third-order valence-electron chi connectivity index (χ3n) is 5.60. The highest BCUT2D eigenvalue weighted by atomic mass is 32.2. The maximum atomic E-state index is 12.9. The van der Waals surface area contributed by atoms with Gasteiger partial charge in [0, 0.05) is 43.8 Å². The molecule has 0 bridgehead atoms. The molecule has 1 aliphatic rings. The molecule has 1 aliphatic heterocycles. The van der Waals surface area contributed by atoms with Crippen molar-refractivity contribution in [1.29, 1.82) is 0 Å². The fraction of sp³-hybridized carbons (Fsp3) is 0.417. The highest BCUT2D eigenvalue weighted by molar-refractivity contribution is 7.87. The van der Waals surface area contributed by atoms with Gasteiger partial charge < -0.3 is 15.0 Å². The summed E-state index contributed by atoms with van der Waals surface area (Å²) in [6.07, 6.45) is 6.51. The second-order valence-corrected chi connectivity index (χ2v) is 9.74. The van der Waals surface area contributed by atoms with Crippen LogP contribution in [0.15, 0.2) is 63.5 Å². The van der Waals surface area contributed by atoms with Gasteiger partial charge in [0.1, 0.15) is 23.0 Å². The lowest BCUT2D eigenvalue weighted by molar-refractivity contribution is 0.302. The summed E-state index contributed by atoms with van der Waals surface area (Å²) in [5.41, 5.74) is 7.99. The summed E-state index contributed by atoms with van der Waals surface area (Å²) in [7, 11) is -3.56. The highest BCUT2D eigenvalue weighted by Crippen LogP contribution is 2.24. The number of ether oxygens (including phenoxy) is 1. The minimum Gasteiger partial charge on any atom is -0.494 e. The lowest BCUT2D eigenvalue weighted by atomic mass is 10.1. The molecule has 1 aromatic heterocycles. The second kappa shape index (κ2) is 11.8. The van der Waals surface area contributed by atoms with E-state index < -0.39 is 10.2 Å². The van der Waals surface area contributed by atoms with Gasteiger partial charge in [0.25, 0.3) is 0 Å². The van der Waals surface area contributed by atoms with E-state index in [9.17, 15) is 8.42 Å². The Balaban J connectivity index is 1.40. The van der Waals surface area contributed by atoms with Crippen LogP contribution < -0.4 is 10.5 Å². The van der Waals surface area contributed by atoms with Crippen molar-refractivity contribution in [2.75, 3.05) is 26.2 Å². The number of hydrogen-bond donors (Lipinski definition) is 1. The van der Waals surface area contributed by atoms with Crippen molar-refractivity contribution < 1.29 is 17.7 Å². The smallest absolute Gasteiger partial charge is 0.304 e. The van der Waals surface area contributed by atoms with Crippen LogP contribution in [0.5, 0.6) is 5.75 Å². The van der Waals surface area contributed by atoms with E-state index in [-0.39, 0.29) is 5.82 Å². The predicted octanol–water partition coefficient (Wildman–Crippen LogP) is 3.72. The van der Waals surface area contributed by atoms with Crippen LogP contribution in [0.2, 0.25) is 0 Å². The van der Waals surface area contributed by atoms with Gasteiger partial charge in [-0.2, -0.15) is 12.7 Å². The SMILES string of the molecule is C=N/C(N)=C\C(=C/C)N1CCN(CCCCCOc2ccc(-c3cc(CC)on3)cc2)S1(=O)=O. The minimum atomic E-state index is -3.56. The molecule has 0 amide bonds. The summed E-state index contributed by atoms with van der Waals surface area (Å²) in [6, 6.07) is 9.71. The fourth-order valence-corrected chi connectivity index (χ4v) is 5.34. The standard InChI is InChI=1S/C24H33N5O4S/c1-4-20(17-24(25)26-3)29-15-14-28(34(29,30)31)13-7-6-8-16-32-22-11-9-19(10-12-22)23-18-21(5-2)33-27-23/h4,9-12,17-18H,3,5-8,13-16,25H2,1-2H3/b20-4+,24-17-. The number of rotatable bonds is 12. The molecule has 1 aromatic carbocycles. The van der Waals surface area contributed by atoms with E-state index in [0.717, 1.165) is 48.5 Å². The first kappa shape index (κ1) is 25.5. The van der Waals surface area contributed by atoms with Crippen molar-refractivity contribution in [2.24, 2.45) is 10.7 Å². The zero-order valence-corrected chi connectivity index (χ0v) is 20.6. The molecule has 0 saturated carbocycles. The molecule has 2 N–H and O–H groups in total. The molecule has 1 saturated heterocycles. The van der Waals surface area contributed by atoms with Crippen molar-refractivity contribution >= 4 is 16.9 Å². The average Bonchev–Trinajstić information content (AvgIpc) is 3.44. The van der Waals surface area contributed by atoms with Crippen LogP contribution >= 0.6 is 0 Å². The van der Waals surface area contributed by atoms with Crippen LogP contribution in [0.3, 0.4) is 0 Å². The molecule has 2 aromatic rings. The highest BCUT2D eigenvalue weighted by Gasteiger charge is 2.36. The molecule has 9 nitrogen and oxygen atoms in total. The molecular weight excluding hydrogens is 454 g/mol. The van der Waals surface area contributed by atoms with Gasteiger partial charge in [-0.25, -0.2) is 4.99 Å². The molecule has 0 spiro atoms. The number of unbranched alkanes of at least 4 members (excludes halogenated alkanes) is 2. The van der Waals surface area contributed by atoms with E-state index in [1.807, 2.05) is 37.3 Å². The number of nitrogens with zero attached hydrogens (tertiary/aromatic N) is 4. The third-order valence-corrected chi connectivity index (χ3v) is 7.57. The maximum absolute atomic E-state index is 12.9. The summed E-state index contributed by atoms with van der Waals surface area (Å²) < 4.78 is 39.7. The average molecular weight is 488 g/mol. The van der Waals surface area contributed by atoms with Gasteiger partial charge >= 0.3 is 10.2 Å². The Morgan fingerprint density at radius 1 is 1.26 bits per heavy atom. The summed E-state index contributed by atoms with van der Waals surface area (Å²) in [6.45, 7) is 9.04. The molecule has 10 heteroatoms. The van der Waals surface area contributed by atoms with Gasteiger partial charge in [-0.1, -0.05) is 18.2 Å². The topological polar surface area (TPSA) is 114 Å². The summed E-state index contributed by atoms with van der Waals surface area (Å²) in [5.74, 6) is 1.83. The van der Waals surface area contributed by atoms with Crippen LogP contribution in [0, 0.1) is 0 Å². The Kier molecular flexibility index (Phi) is 8.89. The molecule has 0 aliphatic carbocycles. The largest absolute Gasteiger partial charge is 0.494 e. The Bertz CT molecular complexity index is 1120. The number of aliphatic imine (C=N–C) groups is 1. The lowest BCUT2D eigenvalue weighted by Crippen LogP contribution is -2.33. The van der Waals surface area contributed by atoms with Gasteiger partial charge in [0.2, 0.25) is 0 Å². The second-order valence-electron chi connectivity index (χ2n) is 7.89. The lowest BCUT2D eigenvalue weighted by Gasteiger charge is -2.21. The van der Waals surface area contributed by atoms with E-state index >= 15 is 0 Å². The number of hydrogen-bond acceptors (Lipinski definition) is 7. The predicted molar refractivity (Wildman–Crippen MR) is 133 cm³/mol. The van der Waals surface area contributed by atoms with E-state index in [4.69, 9.17) is 15.0 Å². The maximum Gasteiger partial charge on any atom is 0.304 e. The Hall–Kier alpha value is -3.11. The fourth-order valence-electron chi connectivity index (χ4n) is 3.65. The monoisotopic (exact) mass is 487 g/mol. The first-order valence-corrected chi connectivity index (χ1v) is 12.9. The normalized spacial score (nSPS) is 16.7. The van der Waals surface area contributed by atoms with Crippen molar-refractivity contribution in [2.45, 2.75) is 39.5 Å². The molecular formula is C24H33N5O4S. The third kappa shape index (κ3) is 6.27. The first-order valence-electron chi connectivity index (χ1n) is 11.5. The van der Waals surface area contributed by atoms with Crippen LogP contribution in [0.1, 0.15) is 38.9 Å². The van der Waals surface area contributed by atoms with Crippen LogP contribution in [-0.2, 0) is 16.6 Å². The van der Waals surface area contributed by atoms with Crippen molar-refractivity contribution in [3.05, 3.63) is 59.8 Å². The van der Waals surface area contributed by atoms with Crippen LogP contribution in [0.4, 0.5) is 0 Å². The molecule has 0 atom stereocenters. The Morgan fingerprint density at radius 3 is 2.68 bits per heavy atom. The molecule has 1 fully saturated rings. The minimum absolute atomic E-state index is 0.181. The van der Waals surface area contributed by atoms with E-state index in [0.29, 0.717) is 31.9 Å².